The Kier molecular flexibility index (Phi) is 5.17. The van der Waals surface area contributed by atoms with Crippen molar-refractivity contribution in [3.8, 4) is 0 Å². The van der Waals surface area contributed by atoms with Crippen LogP contribution in [0.1, 0.15) is 62.3 Å². The third kappa shape index (κ3) is 3.29. The minimum absolute atomic E-state index is 0.0726. The summed E-state index contributed by atoms with van der Waals surface area (Å²) in [7, 11) is -4.23. The number of benzene rings is 2. The molecule has 0 spiro atoms. The Morgan fingerprint density at radius 1 is 1.09 bits per heavy atom. The van der Waals surface area contributed by atoms with E-state index in [1.165, 1.54) is 0 Å². The molecule has 0 unspecified atom stereocenters. The van der Waals surface area contributed by atoms with Crippen molar-refractivity contribution in [2.45, 2.75) is 64.7 Å². The molecule has 23 heavy (non-hydrogen) atoms. The quantitative estimate of drug-likeness (QED) is 0.780. The molecule has 0 aromatic heterocycles. The van der Waals surface area contributed by atoms with Crippen LogP contribution in [0.4, 0.5) is 0 Å². The highest BCUT2D eigenvalue weighted by Crippen LogP contribution is 2.36. The molecule has 4 heteroatoms. The van der Waals surface area contributed by atoms with Gasteiger partial charge >= 0.3 is 0 Å². The molecule has 0 atom stereocenters. The van der Waals surface area contributed by atoms with E-state index >= 15 is 0 Å². The summed E-state index contributed by atoms with van der Waals surface area (Å²) in [5.41, 5.74) is 4.12. The second-order valence-electron chi connectivity index (χ2n) is 6.46. The van der Waals surface area contributed by atoms with Crippen LogP contribution in [0.3, 0.4) is 0 Å². The van der Waals surface area contributed by atoms with Crippen LogP contribution in [-0.2, 0) is 23.0 Å². The summed E-state index contributed by atoms with van der Waals surface area (Å²) >= 11 is 0. The minimum atomic E-state index is -4.23. The van der Waals surface area contributed by atoms with Crippen molar-refractivity contribution in [1.29, 1.82) is 0 Å². The fourth-order valence-corrected chi connectivity index (χ4v) is 4.46. The molecule has 2 aromatic carbocycles. The average Bonchev–Trinajstić information content (AvgIpc) is 2.45. The van der Waals surface area contributed by atoms with Gasteiger partial charge in [-0.2, -0.15) is 8.42 Å². The van der Waals surface area contributed by atoms with Crippen LogP contribution in [0.25, 0.3) is 10.8 Å². The van der Waals surface area contributed by atoms with E-state index in [0.29, 0.717) is 6.42 Å². The molecule has 3 nitrogen and oxygen atoms in total. The van der Waals surface area contributed by atoms with Crippen LogP contribution in [-0.4, -0.2) is 13.0 Å². The van der Waals surface area contributed by atoms with Crippen molar-refractivity contribution in [3.63, 3.8) is 0 Å². The van der Waals surface area contributed by atoms with E-state index in [4.69, 9.17) is 0 Å². The van der Waals surface area contributed by atoms with E-state index in [2.05, 4.69) is 39.8 Å². The largest absolute Gasteiger partial charge is 0.294 e. The summed E-state index contributed by atoms with van der Waals surface area (Å²) < 4.78 is 33.6. The first kappa shape index (κ1) is 18.0. The normalized spacial score (nSPS) is 12.3. The predicted octanol–water partition coefficient (Wildman–Crippen LogP) is 5.03. The van der Waals surface area contributed by atoms with E-state index in [-0.39, 0.29) is 10.8 Å². The molecule has 1 N–H and O–H groups in total. The first-order valence-corrected chi connectivity index (χ1v) is 9.71. The van der Waals surface area contributed by atoms with Crippen molar-refractivity contribution in [1.82, 2.24) is 0 Å². The highest BCUT2D eigenvalue weighted by molar-refractivity contribution is 7.85. The van der Waals surface area contributed by atoms with E-state index < -0.39 is 10.1 Å². The van der Waals surface area contributed by atoms with E-state index in [9.17, 15) is 13.0 Å². The maximum absolute atomic E-state index is 11.9. The van der Waals surface area contributed by atoms with Gasteiger partial charge in [-0.15, -0.1) is 0 Å². The third-order valence-corrected chi connectivity index (χ3v) is 5.40. The average molecular weight is 334 g/mol. The van der Waals surface area contributed by atoms with Crippen LogP contribution < -0.4 is 0 Å². The molecule has 0 heterocycles. The van der Waals surface area contributed by atoms with Crippen molar-refractivity contribution in [2.75, 3.05) is 0 Å². The van der Waals surface area contributed by atoms with E-state index in [0.717, 1.165) is 45.9 Å². The molecule has 0 bridgehead atoms. The van der Waals surface area contributed by atoms with Gasteiger partial charge < -0.3 is 0 Å². The number of aryl methyl sites for hydroxylation is 2. The molecule has 0 aliphatic carbocycles. The Morgan fingerprint density at radius 2 is 1.74 bits per heavy atom. The van der Waals surface area contributed by atoms with Crippen LogP contribution >= 0.6 is 0 Å². The van der Waals surface area contributed by atoms with Crippen molar-refractivity contribution in [3.05, 3.63) is 40.5 Å². The number of hydrogen-bond donors (Lipinski definition) is 1. The van der Waals surface area contributed by atoms with Crippen molar-refractivity contribution >= 4 is 20.9 Å². The Morgan fingerprint density at radius 3 is 2.22 bits per heavy atom. The maximum atomic E-state index is 11.9. The van der Waals surface area contributed by atoms with Gasteiger partial charge in [0.25, 0.3) is 10.1 Å². The van der Waals surface area contributed by atoms with Gasteiger partial charge in [0.1, 0.15) is 0 Å². The van der Waals surface area contributed by atoms with Crippen LogP contribution in [0, 0.1) is 6.92 Å². The molecule has 0 saturated carbocycles. The zero-order valence-electron chi connectivity index (χ0n) is 14.6. The van der Waals surface area contributed by atoms with Crippen molar-refractivity contribution < 1.29 is 13.0 Å². The highest BCUT2D eigenvalue weighted by atomic mass is 32.2. The smallest absolute Gasteiger partial charge is 0.282 e. The summed E-state index contributed by atoms with van der Waals surface area (Å²) in [5.74, 6) is 0.287. The van der Waals surface area contributed by atoms with Gasteiger partial charge in [0.05, 0.1) is 4.90 Å². The lowest BCUT2D eigenvalue weighted by Gasteiger charge is -2.20. The van der Waals surface area contributed by atoms with Crippen LogP contribution in [0.15, 0.2) is 23.1 Å². The van der Waals surface area contributed by atoms with Gasteiger partial charge in [0, 0.05) is 0 Å². The summed E-state index contributed by atoms with van der Waals surface area (Å²) in [6.07, 6.45) is 2.33. The molecule has 0 radical (unpaired) electrons. The lowest BCUT2D eigenvalue weighted by molar-refractivity contribution is 0.482. The zero-order valence-corrected chi connectivity index (χ0v) is 15.4. The predicted molar refractivity (Wildman–Crippen MR) is 96.0 cm³/mol. The van der Waals surface area contributed by atoms with Crippen LogP contribution in [0.5, 0.6) is 0 Å². The lowest BCUT2D eigenvalue weighted by atomic mass is 9.87. The summed E-state index contributed by atoms with van der Waals surface area (Å²) in [4.78, 5) is 0.0726. The molecule has 0 amide bonds. The second kappa shape index (κ2) is 6.62. The number of hydrogen-bond acceptors (Lipinski definition) is 2. The zero-order chi connectivity index (χ0) is 17.4. The molecule has 126 valence electrons. The Labute approximate surface area is 139 Å². The van der Waals surface area contributed by atoms with Gasteiger partial charge in [0.2, 0.25) is 0 Å². The molecule has 0 aliphatic heterocycles. The molecule has 0 saturated heterocycles. The van der Waals surface area contributed by atoms with Gasteiger partial charge in [-0.1, -0.05) is 46.2 Å². The highest BCUT2D eigenvalue weighted by Gasteiger charge is 2.22. The lowest BCUT2D eigenvalue weighted by Crippen LogP contribution is -2.08. The summed E-state index contributed by atoms with van der Waals surface area (Å²) in [6, 6.07) is 5.88. The Hall–Kier alpha value is -1.39. The van der Waals surface area contributed by atoms with Gasteiger partial charge in [-0.3, -0.25) is 4.55 Å². The first-order valence-electron chi connectivity index (χ1n) is 8.27. The fraction of sp³-hybridized carbons (Fsp3) is 0.474. The number of rotatable bonds is 5. The molecule has 0 aliphatic rings. The first-order chi connectivity index (χ1) is 10.7. The summed E-state index contributed by atoms with van der Waals surface area (Å²) in [6.45, 7) is 10.3. The molecule has 2 rings (SSSR count). The van der Waals surface area contributed by atoms with Gasteiger partial charge in [-0.05, 0) is 64.8 Å². The minimum Gasteiger partial charge on any atom is -0.282 e. The monoisotopic (exact) mass is 334 g/mol. The third-order valence-electron chi connectivity index (χ3n) is 4.48. The maximum Gasteiger partial charge on any atom is 0.294 e. The second-order valence-corrected chi connectivity index (χ2v) is 7.85. The molecular weight excluding hydrogens is 308 g/mol. The standard InChI is InChI=1S/C19H26O3S/c1-6-8-15-14(7-2)18(23(20,21)22)11-17-16(15)10-9-13(5)19(17)12(3)4/h9-12H,6-8H2,1-5H3,(H,20,21,22). The Balaban J connectivity index is 3.06. The van der Waals surface area contributed by atoms with E-state index in [1.54, 1.807) is 6.07 Å². The number of fused-ring (bicyclic) bond motifs is 1. The molecular formula is C19H26O3S. The topological polar surface area (TPSA) is 54.4 Å². The SMILES string of the molecule is CCCc1c(CC)c(S(=O)(=O)O)cc2c(C(C)C)c(C)ccc12. The fourth-order valence-electron chi connectivity index (χ4n) is 3.61. The van der Waals surface area contributed by atoms with E-state index in [1.807, 2.05) is 6.92 Å². The summed E-state index contributed by atoms with van der Waals surface area (Å²) in [5, 5.41) is 2.07. The Bertz CT molecular complexity index is 834. The van der Waals surface area contributed by atoms with Crippen molar-refractivity contribution in [2.24, 2.45) is 0 Å². The molecule has 2 aromatic rings. The molecule has 0 fully saturated rings. The van der Waals surface area contributed by atoms with Gasteiger partial charge in [-0.25, -0.2) is 0 Å². The van der Waals surface area contributed by atoms with Crippen LogP contribution in [0.2, 0.25) is 0 Å². The van der Waals surface area contributed by atoms with Gasteiger partial charge in [0.15, 0.2) is 0 Å².